The zero-order valence-electron chi connectivity index (χ0n) is 14.6. The molecule has 5 heterocycles. The molecule has 0 aromatic carbocycles. The monoisotopic (exact) mass is 386 g/mol. The van der Waals surface area contributed by atoms with Gasteiger partial charge in [0, 0.05) is 5.75 Å². The van der Waals surface area contributed by atoms with Crippen molar-refractivity contribution < 1.29 is 0 Å². The molecule has 2 aliphatic rings. The van der Waals surface area contributed by atoms with Crippen molar-refractivity contribution in [2.45, 2.75) is 4.90 Å². The first kappa shape index (κ1) is 16.6. The van der Waals surface area contributed by atoms with Crippen LogP contribution in [0, 0.1) is 0 Å². The first-order valence-corrected chi connectivity index (χ1v) is 9.54. The molecule has 0 atom stereocenters. The number of hydrogen-bond donors (Lipinski definition) is 2. The van der Waals surface area contributed by atoms with E-state index < -0.39 is 0 Å². The zero-order valence-corrected chi connectivity index (χ0v) is 15.4. The fourth-order valence-corrected chi connectivity index (χ4v) is 3.46. The Morgan fingerprint density at radius 3 is 2.04 bits per heavy atom. The predicted molar refractivity (Wildman–Crippen MR) is 111 cm³/mol. The fourth-order valence-electron chi connectivity index (χ4n) is 2.73. The largest absolute Gasteiger partial charge is 0.325 e. The Labute approximate surface area is 163 Å². The average Bonchev–Trinajstić information content (AvgIpc) is 3.45. The highest BCUT2D eigenvalue weighted by molar-refractivity contribution is 7.99. The molecule has 2 N–H and O–H groups in total. The van der Waals surface area contributed by atoms with Crippen molar-refractivity contribution in [3.05, 3.63) is 54.2 Å². The van der Waals surface area contributed by atoms with Crippen LogP contribution >= 0.6 is 11.8 Å². The summed E-state index contributed by atoms with van der Waals surface area (Å²) < 4.78 is 0. The van der Waals surface area contributed by atoms with Crippen LogP contribution < -0.4 is 0 Å². The molecule has 0 fully saturated rings. The Balaban J connectivity index is 1.80. The van der Waals surface area contributed by atoms with Gasteiger partial charge in [-0.25, -0.2) is 29.9 Å². The van der Waals surface area contributed by atoms with Gasteiger partial charge in [0.25, 0.3) is 0 Å². The van der Waals surface area contributed by atoms with Crippen LogP contribution in [-0.2, 0) is 0 Å². The van der Waals surface area contributed by atoms with Crippen molar-refractivity contribution >= 4 is 58.7 Å². The van der Waals surface area contributed by atoms with E-state index >= 15 is 0 Å². The molecule has 3 aromatic heterocycles. The summed E-state index contributed by atoms with van der Waals surface area (Å²) in [5, 5.41) is 0. The fraction of sp³-hybridized carbons (Fsp3) is 0.0526. The summed E-state index contributed by atoms with van der Waals surface area (Å²) >= 11 is 1.63. The molecular weight excluding hydrogens is 372 g/mol. The lowest BCUT2D eigenvalue weighted by Gasteiger charge is -1.92. The molecule has 136 valence electrons. The van der Waals surface area contributed by atoms with E-state index in [1.165, 1.54) is 0 Å². The van der Waals surface area contributed by atoms with Gasteiger partial charge >= 0.3 is 0 Å². The van der Waals surface area contributed by atoms with Crippen molar-refractivity contribution in [1.29, 1.82) is 0 Å². The summed E-state index contributed by atoms with van der Waals surface area (Å²) in [5.41, 5.74) is 2.74. The van der Waals surface area contributed by atoms with E-state index in [1.54, 1.807) is 17.8 Å². The minimum absolute atomic E-state index is 0.550. The van der Waals surface area contributed by atoms with Crippen molar-refractivity contribution in [2.24, 2.45) is 0 Å². The van der Waals surface area contributed by atoms with Crippen LogP contribution in [0.4, 0.5) is 0 Å². The molecule has 0 saturated carbocycles. The second kappa shape index (κ2) is 6.86. The number of nitrogens with one attached hydrogen (secondary N) is 2. The molecule has 28 heavy (non-hydrogen) atoms. The van der Waals surface area contributed by atoms with Gasteiger partial charge in [0.15, 0.2) is 23.3 Å². The molecule has 0 aliphatic carbocycles. The molecule has 5 rings (SSSR count). The third-order valence-corrected chi connectivity index (χ3v) is 4.94. The molecule has 3 aromatic rings. The number of fused-ring (bicyclic) bond motifs is 8. The van der Waals surface area contributed by atoms with E-state index in [4.69, 9.17) is 0 Å². The third kappa shape index (κ3) is 3.35. The molecule has 2 aliphatic heterocycles. The summed E-state index contributed by atoms with van der Waals surface area (Å²) in [6.45, 7) is 3.78. The third-order valence-electron chi connectivity index (χ3n) is 3.91. The van der Waals surface area contributed by atoms with E-state index in [-0.39, 0.29) is 0 Å². The number of H-pyrrole nitrogens is 2. The van der Waals surface area contributed by atoms with Gasteiger partial charge in [0.1, 0.15) is 22.6 Å². The quantitative estimate of drug-likeness (QED) is 0.361. The van der Waals surface area contributed by atoms with Gasteiger partial charge in [-0.05, 0) is 42.5 Å². The topological polar surface area (TPSA) is 109 Å². The summed E-state index contributed by atoms with van der Waals surface area (Å²) in [5.74, 6) is 3.01. The van der Waals surface area contributed by atoms with Gasteiger partial charge in [0.05, 0.1) is 4.90 Å². The molecular formula is C19H14N8S. The van der Waals surface area contributed by atoms with Gasteiger partial charge in [-0.1, -0.05) is 6.08 Å². The second-order valence-corrected chi connectivity index (χ2v) is 7.03. The molecule has 0 amide bonds. The van der Waals surface area contributed by atoms with E-state index in [9.17, 15) is 0 Å². The highest BCUT2D eigenvalue weighted by Crippen LogP contribution is 2.24. The smallest absolute Gasteiger partial charge is 0.156 e. The summed E-state index contributed by atoms with van der Waals surface area (Å²) in [7, 11) is 0. The zero-order chi connectivity index (χ0) is 18.9. The summed E-state index contributed by atoms with van der Waals surface area (Å²) in [6.07, 6.45) is 9.09. The SMILES string of the molecule is C=CCSc1cc2nc3ccc(nc4nc(nc5nc(nc1[nH]2)C=C5)C=C4)[nH]3. The number of aromatic nitrogens is 8. The first-order chi connectivity index (χ1) is 13.7. The highest BCUT2D eigenvalue weighted by atomic mass is 32.2. The number of thioether (sulfide) groups is 1. The van der Waals surface area contributed by atoms with Crippen LogP contribution in [-0.4, -0.2) is 45.6 Å². The van der Waals surface area contributed by atoms with E-state index in [0.29, 0.717) is 45.9 Å². The average molecular weight is 386 g/mol. The first-order valence-electron chi connectivity index (χ1n) is 8.55. The van der Waals surface area contributed by atoms with Gasteiger partial charge in [-0.2, -0.15) is 0 Å². The Morgan fingerprint density at radius 2 is 1.36 bits per heavy atom. The van der Waals surface area contributed by atoms with Crippen molar-refractivity contribution in [1.82, 2.24) is 39.9 Å². The Morgan fingerprint density at radius 1 is 0.750 bits per heavy atom. The van der Waals surface area contributed by atoms with Crippen LogP contribution in [0.15, 0.2) is 35.7 Å². The van der Waals surface area contributed by atoms with Crippen molar-refractivity contribution in [2.75, 3.05) is 5.75 Å². The highest BCUT2D eigenvalue weighted by Gasteiger charge is 2.07. The van der Waals surface area contributed by atoms with E-state index in [1.807, 2.05) is 42.5 Å². The van der Waals surface area contributed by atoms with Crippen molar-refractivity contribution in [3.63, 3.8) is 0 Å². The molecule has 0 spiro atoms. The van der Waals surface area contributed by atoms with Gasteiger partial charge in [0.2, 0.25) is 0 Å². The lowest BCUT2D eigenvalue weighted by atomic mass is 10.5. The number of hydrogen-bond acceptors (Lipinski definition) is 7. The standard InChI is InChI=1S/C19H14N8S/c1-2-9-28-11-10-18-25-16-6-5-14(23-16)21-12-3-4-13(20-12)22-15-7-8-17(24-15)26-19(11)27-18/h2-8,10H,1,9H2,(H2,20,21,22,23,24,25,26,27). The predicted octanol–water partition coefficient (Wildman–Crippen LogP) is 3.51. The van der Waals surface area contributed by atoms with Crippen LogP contribution in [0.1, 0.15) is 23.3 Å². The molecule has 8 bridgehead atoms. The number of nitrogens with zero attached hydrogens (tertiary/aromatic N) is 6. The summed E-state index contributed by atoms with van der Waals surface area (Å²) in [6, 6.07) is 5.68. The number of rotatable bonds is 3. The van der Waals surface area contributed by atoms with Gasteiger partial charge < -0.3 is 9.97 Å². The maximum Gasteiger partial charge on any atom is 0.156 e. The Hall–Kier alpha value is -3.59. The molecule has 0 saturated heterocycles. The van der Waals surface area contributed by atoms with Crippen LogP contribution in [0.5, 0.6) is 0 Å². The van der Waals surface area contributed by atoms with E-state index in [0.717, 1.165) is 10.6 Å². The van der Waals surface area contributed by atoms with Gasteiger partial charge in [-0.15, -0.1) is 18.3 Å². The van der Waals surface area contributed by atoms with E-state index in [2.05, 4.69) is 46.5 Å². The number of aromatic amines is 2. The lowest BCUT2D eigenvalue weighted by molar-refractivity contribution is 1.06. The molecule has 8 nitrogen and oxygen atoms in total. The van der Waals surface area contributed by atoms with Crippen LogP contribution in [0.25, 0.3) is 46.9 Å². The molecule has 0 radical (unpaired) electrons. The molecule has 9 heteroatoms. The maximum absolute atomic E-state index is 4.63. The lowest BCUT2D eigenvalue weighted by Crippen LogP contribution is -1.87. The Kier molecular flexibility index (Phi) is 4.06. The van der Waals surface area contributed by atoms with Crippen LogP contribution in [0.2, 0.25) is 0 Å². The summed E-state index contributed by atoms with van der Waals surface area (Å²) in [4.78, 5) is 34.4. The maximum atomic E-state index is 4.63. The van der Waals surface area contributed by atoms with Crippen molar-refractivity contribution in [3.8, 4) is 0 Å². The van der Waals surface area contributed by atoms with Gasteiger partial charge in [-0.3, -0.25) is 0 Å². The molecule has 0 unspecified atom stereocenters. The van der Waals surface area contributed by atoms with Crippen LogP contribution in [0.3, 0.4) is 0 Å². The minimum Gasteiger partial charge on any atom is -0.325 e. The Bertz CT molecular complexity index is 1300. The minimum atomic E-state index is 0.550. The second-order valence-electron chi connectivity index (χ2n) is 5.97. The normalized spacial score (nSPS) is 12.4.